The van der Waals surface area contributed by atoms with Gasteiger partial charge in [-0.25, -0.2) is 4.98 Å². The van der Waals surface area contributed by atoms with Crippen molar-refractivity contribution in [2.24, 2.45) is 0 Å². The number of anilines is 1. The number of amides is 1. The highest BCUT2D eigenvalue weighted by Gasteiger charge is 2.10. The van der Waals surface area contributed by atoms with Crippen LogP contribution in [0.25, 0.3) is 11.7 Å². The molecule has 5 nitrogen and oxygen atoms in total. The van der Waals surface area contributed by atoms with Gasteiger partial charge in [-0.05, 0) is 23.9 Å². The van der Waals surface area contributed by atoms with Crippen molar-refractivity contribution in [2.75, 3.05) is 5.32 Å². The normalized spacial score (nSPS) is 11.3. The molecule has 0 radical (unpaired) electrons. The fourth-order valence-electron chi connectivity index (χ4n) is 2.19. The minimum Gasteiger partial charge on any atom is -0.306 e. The molecule has 23 heavy (non-hydrogen) atoms. The quantitative estimate of drug-likeness (QED) is 0.689. The number of allylic oxidation sites excluding steroid dienone is 1. The van der Waals surface area contributed by atoms with E-state index >= 15 is 0 Å². The van der Waals surface area contributed by atoms with Gasteiger partial charge in [0.1, 0.15) is 5.82 Å². The Morgan fingerprint density at radius 2 is 2.30 bits per heavy atom. The zero-order valence-corrected chi connectivity index (χ0v) is 13.7. The summed E-state index contributed by atoms with van der Waals surface area (Å²) in [6, 6.07) is 3.66. The van der Waals surface area contributed by atoms with Gasteiger partial charge in [0, 0.05) is 6.20 Å². The second kappa shape index (κ2) is 7.19. The summed E-state index contributed by atoms with van der Waals surface area (Å²) in [6.45, 7) is 2.17. The van der Waals surface area contributed by atoms with Gasteiger partial charge >= 0.3 is 0 Å². The number of unbranched alkanes of at least 4 members (excludes halogenated alkanes) is 2. The summed E-state index contributed by atoms with van der Waals surface area (Å²) < 4.78 is 1.85. The molecule has 1 amide bonds. The lowest BCUT2D eigenvalue weighted by Gasteiger charge is -2.04. The molecule has 3 aromatic heterocycles. The molecular weight excluding hydrogens is 308 g/mol. The van der Waals surface area contributed by atoms with E-state index in [0.29, 0.717) is 16.3 Å². The van der Waals surface area contributed by atoms with Crippen molar-refractivity contribution in [2.45, 2.75) is 26.2 Å². The summed E-state index contributed by atoms with van der Waals surface area (Å²) >= 11 is 1.41. The first-order valence-electron chi connectivity index (χ1n) is 7.62. The third kappa shape index (κ3) is 3.65. The van der Waals surface area contributed by atoms with E-state index in [0.717, 1.165) is 12.1 Å². The van der Waals surface area contributed by atoms with Crippen molar-refractivity contribution in [3.05, 3.63) is 52.8 Å². The number of carbonyl (C=O) groups excluding carboxylic acids is 1. The number of thiophene rings is 1. The number of nitrogens with zero attached hydrogens (tertiary/aromatic N) is 3. The molecule has 3 aromatic rings. The molecule has 3 heterocycles. The van der Waals surface area contributed by atoms with Gasteiger partial charge in [0.05, 0.1) is 23.0 Å². The highest BCUT2D eigenvalue weighted by molar-refractivity contribution is 7.12. The lowest BCUT2D eigenvalue weighted by atomic mass is 10.2. The zero-order valence-electron chi connectivity index (χ0n) is 12.9. The van der Waals surface area contributed by atoms with Crippen molar-refractivity contribution >= 4 is 34.8 Å². The zero-order chi connectivity index (χ0) is 16.1. The average Bonchev–Trinajstić information content (AvgIpc) is 3.22. The van der Waals surface area contributed by atoms with Crippen molar-refractivity contribution < 1.29 is 4.79 Å². The summed E-state index contributed by atoms with van der Waals surface area (Å²) in [5, 5.41) is 4.77. The number of fused-ring (bicyclic) bond motifs is 1. The Morgan fingerprint density at radius 3 is 3.09 bits per heavy atom. The molecule has 0 aliphatic carbocycles. The summed E-state index contributed by atoms with van der Waals surface area (Å²) in [6.07, 6.45) is 12.8. The summed E-state index contributed by atoms with van der Waals surface area (Å²) in [5.41, 5.74) is 1.55. The van der Waals surface area contributed by atoms with Gasteiger partial charge in [-0.15, -0.1) is 11.3 Å². The highest BCUT2D eigenvalue weighted by Crippen LogP contribution is 2.16. The lowest BCUT2D eigenvalue weighted by molar-refractivity contribution is 0.103. The minimum absolute atomic E-state index is 0.126. The van der Waals surface area contributed by atoms with E-state index in [1.54, 1.807) is 18.5 Å². The van der Waals surface area contributed by atoms with Crippen LogP contribution < -0.4 is 5.32 Å². The Bertz CT molecular complexity index is 820. The fraction of sp³-hybridized carbons (Fsp3) is 0.235. The molecular formula is C17H18N4OS. The third-order valence-corrected chi connectivity index (χ3v) is 4.28. The Morgan fingerprint density at radius 1 is 1.39 bits per heavy atom. The van der Waals surface area contributed by atoms with Gasteiger partial charge in [-0.3, -0.25) is 14.2 Å². The molecule has 0 aliphatic rings. The van der Waals surface area contributed by atoms with Crippen LogP contribution in [0.3, 0.4) is 0 Å². The van der Waals surface area contributed by atoms with E-state index < -0.39 is 0 Å². The van der Waals surface area contributed by atoms with Gasteiger partial charge in [0.25, 0.3) is 5.91 Å². The second-order valence-electron chi connectivity index (χ2n) is 5.16. The van der Waals surface area contributed by atoms with E-state index in [9.17, 15) is 4.79 Å². The summed E-state index contributed by atoms with van der Waals surface area (Å²) in [7, 11) is 0. The molecule has 0 bridgehead atoms. The molecule has 118 valence electrons. The number of rotatable bonds is 6. The Balaban J connectivity index is 1.81. The maximum absolute atomic E-state index is 12.2. The molecule has 0 aliphatic heterocycles. The number of imidazole rings is 1. The van der Waals surface area contributed by atoms with Crippen LogP contribution in [0.4, 0.5) is 5.82 Å². The SMILES string of the molecule is CCCC/C=C/c1cn2c(NC(=O)c3cccs3)cnc2cn1. The molecule has 0 saturated heterocycles. The van der Waals surface area contributed by atoms with Crippen LogP contribution in [-0.2, 0) is 0 Å². The van der Waals surface area contributed by atoms with Crippen LogP contribution in [-0.4, -0.2) is 20.3 Å². The van der Waals surface area contributed by atoms with Gasteiger partial charge in [0.2, 0.25) is 0 Å². The monoisotopic (exact) mass is 326 g/mol. The lowest BCUT2D eigenvalue weighted by Crippen LogP contribution is -2.11. The average molecular weight is 326 g/mol. The van der Waals surface area contributed by atoms with E-state index in [-0.39, 0.29) is 5.91 Å². The van der Waals surface area contributed by atoms with E-state index in [2.05, 4.69) is 28.3 Å². The first-order chi connectivity index (χ1) is 11.3. The molecule has 0 atom stereocenters. The smallest absolute Gasteiger partial charge is 0.266 e. The molecule has 0 unspecified atom stereocenters. The molecule has 0 aromatic carbocycles. The van der Waals surface area contributed by atoms with Crippen molar-refractivity contribution in [1.82, 2.24) is 14.4 Å². The predicted octanol–water partition coefficient (Wildman–Crippen LogP) is 4.25. The molecule has 0 spiro atoms. The Hall–Kier alpha value is -2.47. The Kier molecular flexibility index (Phi) is 4.83. The number of carbonyl (C=O) groups is 1. The first-order valence-corrected chi connectivity index (χ1v) is 8.50. The molecule has 0 fully saturated rings. The topological polar surface area (TPSA) is 59.3 Å². The number of hydrogen-bond donors (Lipinski definition) is 1. The minimum atomic E-state index is -0.126. The molecule has 6 heteroatoms. The molecule has 0 saturated carbocycles. The van der Waals surface area contributed by atoms with E-state index in [4.69, 9.17) is 0 Å². The van der Waals surface area contributed by atoms with Crippen molar-refractivity contribution in [3.63, 3.8) is 0 Å². The van der Waals surface area contributed by atoms with Crippen LogP contribution in [0.1, 0.15) is 41.6 Å². The van der Waals surface area contributed by atoms with E-state index in [1.807, 2.05) is 28.1 Å². The number of hydrogen-bond acceptors (Lipinski definition) is 4. The van der Waals surface area contributed by atoms with Crippen LogP contribution in [0.2, 0.25) is 0 Å². The largest absolute Gasteiger partial charge is 0.306 e. The molecule has 3 rings (SSSR count). The second-order valence-corrected chi connectivity index (χ2v) is 6.11. The Labute approximate surface area is 138 Å². The predicted molar refractivity (Wildman–Crippen MR) is 93.8 cm³/mol. The van der Waals surface area contributed by atoms with Crippen LogP contribution in [0.5, 0.6) is 0 Å². The van der Waals surface area contributed by atoms with Crippen LogP contribution >= 0.6 is 11.3 Å². The van der Waals surface area contributed by atoms with Crippen molar-refractivity contribution in [1.29, 1.82) is 0 Å². The van der Waals surface area contributed by atoms with E-state index in [1.165, 1.54) is 24.2 Å². The van der Waals surface area contributed by atoms with Gasteiger partial charge in [-0.2, -0.15) is 0 Å². The standard InChI is InChI=1S/C17H18N4OS/c1-2-3-4-5-7-13-12-21-15(10-18-13)19-11-16(21)20-17(22)14-8-6-9-23-14/h5-12H,2-4H2,1H3,(H,20,22)/b7-5+. The van der Waals surface area contributed by atoms with Gasteiger partial charge in [-0.1, -0.05) is 31.9 Å². The highest BCUT2D eigenvalue weighted by atomic mass is 32.1. The first kappa shape index (κ1) is 15.4. The number of nitrogens with one attached hydrogen (secondary N) is 1. The van der Waals surface area contributed by atoms with Gasteiger partial charge < -0.3 is 5.32 Å². The van der Waals surface area contributed by atoms with Crippen molar-refractivity contribution in [3.8, 4) is 0 Å². The summed E-state index contributed by atoms with van der Waals surface area (Å²) in [4.78, 5) is 21.5. The third-order valence-electron chi connectivity index (χ3n) is 3.42. The maximum Gasteiger partial charge on any atom is 0.266 e. The number of aromatic nitrogens is 3. The maximum atomic E-state index is 12.2. The van der Waals surface area contributed by atoms with Crippen LogP contribution in [0, 0.1) is 0 Å². The fourth-order valence-corrected chi connectivity index (χ4v) is 2.81. The molecule has 1 N–H and O–H groups in total. The summed E-state index contributed by atoms with van der Waals surface area (Å²) in [5.74, 6) is 0.516. The van der Waals surface area contributed by atoms with Crippen LogP contribution in [0.15, 0.2) is 42.2 Å². The van der Waals surface area contributed by atoms with Gasteiger partial charge in [0.15, 0.2) is 5.65 Å².